The minimum atomic E-state index is -0.496. The van der Waals surface area contributed by atoms with E-state index in [9.17, 15) is 4.79 Å². The predicted molar refractivity (Wildman–Crippen MR) is 102 cm³/mol. The van der Waals surface area contributed by atoms with Crippen molar-refractivity contribution in [2.45, 2.75) is 18.3 Å². The summed E-state index contributed by atoms with van der Waals surface area (Å²) in [6.45, 7) is 2.83. The highest BCUT2D eigenvalue weighted by Gasteiger charge is 2.55. The van der Waals surface area contributed by atoms with Gasteiger partial charge in [-0.2, -0.15) is 0 Å². The fourth-order valence-electron chi connectivity index (χ4n) is 3.61. The summed E-state index contributed by atoms with van der Waals surface area (Å²) < 4.78 is 5.51. The maximum absolute atomic E-state index is 13.2. The van der Waals surface area contributed by atoms with Gasteiger partial charge in [0.05, 0.1) is 16.0 Å². The van der Waals surface area contributed by atoms with E-state index in [1.807, 2.05) is 34.5 Å². The number of piperazine rings is 1. The lowest BCUT2D eigenvalue weighted by Crippen LogP contribution is -2.52. The highest BCUT2D eigenvalue weighted by atomic mass is 32.1. The summed E-state index contributed by atoms with van der Waals surface area (Å²) in [7, 11) is 0. The van der Waals surface area contributed by atoms with E-state index in [2.05, 4.69) is 20.0 Å². The van der Waals surface area contributed by atoms with Crippen molar-refractivity contribution in [1.82, 2.24) is 20.0 Å². The number of aromatic nitrogens is 3. The highest BCUT2D eigenvalue weighted by molar-refractivity contribution is 7.13. The van der Waals surface area contributed by atoms with Crippen LogP contribution >= 0.6 is 11.3 Å². The van der Waals surface area contributed by atoms with Crippen molar-refractivity contribution < 1.29 is 9.32 Å². The van der Waals surface area contributed by atoms with Gasteiger partial charge in [0.1, 0.15) is 0 Å². The number of thiophene rings is 1. The van der Waals surface area contributed by atoms with Crippen molar-refractivity contribution in [1.29, 1.82) is 0 Å². The van der Waals surface area contributed by atoms with Crippen LogP contribution in [-0.4, -0.2) is 52.1 Å². The molecule has 2 aliphatic rings. The molecule has 0 spiro atoms. The smallest absolute Gasteiger partial charge is 0.235 e. The van der Waals surface area contributed by atoms with Crippen molar-refractivity contribution in [3.63, 3.8) is 0 Å². The quantitative estimate of drug-likeness (QED) is 0.691. The maximum Gasteiger partial charge on any atom is 0.235 e. The van der Waals surface area contributed by atoms with E-state index in [1.165, 1.54) is 0 Å². The Morgan fingerprint density at radius 3 is 2.56 bits per heavy atom. The van der Waals surface area contributed by atoms with Gasteiger partial charge >= 0.3 is 0 Å². The summed E-state index contributed by atoms with van der Waals surface area (Å²) in [5.41, 5.74) is 0.273. The SMILES string of the molecule is O=C(N1CCN(c2ncccn2)CC1)C1(c2cc(-c3cccs3)on2)CC1. The summed E-state index contributed by atoms with van der Waals surface area (Å²) in [5.74, 6) is 1.63. The average Bonchev–Trinajstić information content (AvgIpc) is 3.12. The van der Waals surface area contributed by atoms with E-state index in [4.69, 9.17) is 4.52 Å². The molecule has 0 atom stereocenters. The van der Waals surface area contributed by atoms with Crippen LogP contribution in [-0.2, 0) is 10.2 Å². The van der Waals surface area contributed by atoms with Gasteiger partial charge in [-0.1, -0.05) is 11.2 Å². The summed E-state index contributed by atoms with van der Waals surface area (Å²) in [6, 6.07) is 7.73. The van der Waals surface area contributed by atoms with Gasteiger partial charge in [0.25, 0.3) is 0 Å². The fourth-order valence-corrected chi connectivity index (χ4v) is 4.28. The first-order valence-corrected chi connectivity index (χ1v) is 9.97. The number of hydrogen-bond donors (Lipinski definition) is 0. The van der Waals surface area contributed by atoms with Crippen molar-refractivity contribution in [2.75, 3.05) is 31.1 Å². The molecule has 0 radical (unpaired) electrons. The second-order valence-corrected chi connectivity index (χ2v) is 7.91. The number of carbonyl (C=O) groups is 1. The van der Waals surface area contributed by atoms with Gasteiger partial charge in [-0.25, -0.2) is 9.97 Å². The fraction of sp³-hybridized carbons (Fsp3) is 0.368. The Morgan fingerprint density at radius 2 is 1.89 bits per heavy atom. The van der Waals surface area contributed by atoms with Crippen molar-refractivity contribution >= 4 is 23.2 Å². The van der Waals surface area contributed by atoms with E-state index in [-0.39, 0.29) is 5.91 Å². The third-order valence-electron chi connectivity index (χ3n) is 5.33. The number of nitrogens with zero attached hydrogens (tertiary/aromatic N) is 5. The van der Waals surface area contributed by atoms with Crippen LogP contribution in [0.15, 0.2) is 46.6 Å². The molecule has 5 rings (SSSR count). The third kappa shape index (κ3) is 2.90. The van der Waals surface area contributed by atoms with Crippen LogP contribution in [0, 0.1) is 0 Å². The lowest BCUT2D eigenvalue weighted by Gasteiger charge is -2.36. The Bertz CT molecular complexity index is 928. The molecule has 27 heavy (non-hydrogen) atoms. The molecule has 1 saturated carbocycles. The van der Waals surface area contributed by atoms with Gasteiger partial charge in [0.15, 0.2) is 5.76 Å². The molecule has 0 unspecified atom stereocenters. The van der Waals surface area contributed by atoms with Gasteiger partial charge in [0.2, 0.25) is 11.9 Å². The summed E-state index contributed by atoms with van der Waals surface area (Å²) in [5, 5.41) is 6.24. The lowest BCUT2D eigenvalue weighted by molar-refractivity contribution is -0.134. The molecule has 1 aliphatic carbocycles. The van der Waals surface area contributed by atoms with Crippen LogP contribution in [0.5, 0.6) is 0 Å². The minimum Gasteiger partial charge on any atom is -0.355 e. The summed E-state index contributed by atoms with van der Waals surface area (Å²) in [4.78, 5) is 26.9. The number of amides is 1. The third-order valence-corrected chi connectivity index (χ3v) is 6.21. The van der Waals surface area contributed by atoms with Crippen molar-refractivity contribution in [3.8, 4) is 10.6 Å². The minimum absolute atomic E-state index is 0.169. The van der Waals surface area contributed by atoms with E-state index >= 15 is 0 Å². The zero-order valence-electron chi connectivity index (χ0n) is 14.7. The standard InChI is InChI=1S/C19H19N5O2S/c25-17(23-8-10-24(11-9-23)18-20-6-2-7-21-18)19(4-5-19)16-13-14(26-22-16)15-3-1-12-27-15/h1-3,6-7,12-13H,4-5,8-11H2. The second-order valence-electron chi connectivity index (χ2n) is 6.96. The lowest BCUT2D eigenvalue weighted by atomic mass is 9.99. The van der Waals surface area contributed by atoms with Gasteiger partial charge in [0, 0.05) is 44.6 Å². The zero-order chi connectivity index (χ0) is 18.3. The predicted octanol–water partition coefficient (Wildman–Crippen LogP) is 2.57. The molecule has 1 aliphatic heterocycles. The Hall–Kier alpha value is -2.74. The number of rotatable bonds is 4. The van der Waals surface area contributed by atoms with Gasteiger partial charge < -0.3 is 14.3 Å². The second kappa shape index (κ2) is 6.45. The van der Waals surface area contributed by atoms with Gasteiger partial charge in [-0.15, -0.1) is 11.3 Å². The van der Waals surface area contributed by atoms with Gasteiger partial charge in [-0.05, 0) is 30.4 Å². The molecule has 1 amide bonds. The van der Waals surface area contributed by atoms with Crippen LogP contribution in [0.25, 0.3) is 10.6 Å². The van der Waals surface area contributed by atoms with Crippen molar-refractivity contribution in [3.05, 3.63) is 47.7 Å². The van der Waals surface area contributed by atoms with E-state index in [0.717, 1.165) is 48.2 Å². The van der Waals surface area contributed by atoms with E-state index < -0.39 is 5.41 Å². The maximum atomic E-state index is 13.2. The van der Waals surface area contributed by atoms with Crippen LogP contribution in [0.4, 0.5) is 5.95 Å². The molecule has 138 valence electrons. The zero-order valence-corrected chi connectivity index (χ0v) is 15.6. The molecule has 1 saturated heterocycles. The molecular formula is C19H19N5O2S. The Kier molecular flexibility index (Phi) is 3.93. The Labute approximate surface area is 160 Å². The molecular weight excluding hydrogens is 362 g/mol. The molecule has 3 aromatic heterocycles. The van der Waals surface area contributed by atoms with E-state index in [0.29, 0.717) is 13.1 Å². The topological polar surface area (TPSA) is 75.4 Å². The molecule has 8 heteroatoms. The molecule has 2 fully saturated rings. The van der Waals surface area contributed by atoms with E-state index in [1.54, 1.807) is 23.7 Å². The molecule has 0 N–H and O–H groups in total. The summed E-state index contributed by atoms with van der Waals surface area (Å²) in [6.07, 6.45) is 5.16. The number of hydrogen-bond acceptors (Lipinski definition) is 7. The van der Waals surface area contributed by atoms with Crippen LogP contribution in [0.2, 0.25) is 0 Å². The first kappa shape index (κ1) is 16.4. The first-order valence-electron chi connectivity index (χ1n) is 9.09. The molecule has 0 bridgehead atoms. The Morgan fingerprint density at radius 1 is 1.11 bits per heavy atom. The molecule has 7 nitrogen and oxygen atoms in total. The first-order chi connectivity index (χ1) is 13.3. The average molecular weight is 381 g/mol. The summed E-state index contributed by atoms with van der Waals surface area (Å²) >= 11 is 1.61. The monoisotopic (exact) mass is 381 g/mol. The van der Waals surface area contributed by atoms with Crippen LogP contribution in [0.3, 0.4) is 0 Å². The number of anilines is 1. The Balaban J connectivity index is 1.29. The van der Waals surface area contributed by atoms with Crippen LogP contribution < -0.4 is 4.90 Å². The van der Waals surface area contributed by atoms with Crippen molar-refractivity contribution in [2.24, 2.45) is 0 Å². The van der Waals surface area contributed by atoms with Gasteiger partial charge in [-0.3, -0.25) is 4.79 Å². The number of carbonyl (C=O) groups excluding carboxylic acids is 1. The molecule has 0 aromatic carbocycles. The highest BCUT2D eigenvalue weighted by Crippen LogP contribution is 2.50. The largest absolute Gasteiger partial charge is 0.355 e. The normalized spacial score (nSPS) is 18.5. The molecule has 4 heterocycles. The van der Waals surface area contributed by atoms with Crippen LogP contribution in [0.1, 0.15) is 18.5 Å². The molecule has 3 aromatic rings.